The van der Waals surface area contributed by atoms with Gasteiger partial charge in [0.05, 0.1) is 16.7 Å². The van der Waals surface area contributed by atoms with E-state index in [4.69, 9.17) is 22.0 Å². The van der Waals surface area contributed by atoms with Crippen LogP contribution >= 0.6 is 11.6 Å². The molecule has 1 rings (SSSR count). The molecule has 0 radical (unpaired) electrons. The van der Waals surface area contributed by atoms with E-state index in [1.807, 2.05) is 10.8 Å². The van der Waals surface area contributed by atoms with Gasteiger partial charge in [0.2, 0.25) is 10.0 Å². The van der Waals surface area contributed by atoms with Crippen molar-refractivity contribution in [2.75, 3.05) is 0 Å². The van der Waals surface area contributed by atoms with Crippen LogP contribution in [0.5, 0.6) is 0 Å². The third kappa shape index (κ3) is 3.20. The lowest BCUT2D eigenvalue weighted by molar-refractivity contribution is -0.138. The van der Waals surface area contributed by atoms with Crippen LogP contribution in [-0.2, 0) is 14.8 Å². The average Bonchev–Trinajstić information content (AvgIpc) is 2.27. The summed E-state index contributed by atoms with van der Waals surface area (Å²) in [5.74, 6) is -1.30. The zero-order valence-electron chi connectivity index (χ0n) is 9.21. The largest absolute Gasteiger partial charge is 0.480 e. The summed E-state index contributed by atoms with van der Waals surface area (Å²) in [6.07, 6.45) is 0. The minimum absolute atomic E-state index is 0.140. The molecule has 0 aliphatic carbocycles. The predicted octanol–water partition coefficient (Wildman–Crippen LogP) is 0.963. The van der Waals surface area contributed by atoms with E-state index in [-0.39, 0.29) is 15.5 Å². The Balaban J connectivity index is 3.14. The highest BCUT2D eigenvalue weighted by Gasteiger charge is 2.23. The molecule has 1 atom stereocenters. The molecule has 0 saturated heterocycles. The zero-order chi connectivity index (χ0) is 13.9. The van der Waals surface area contributed by atoms with Crippen LogP contribution in [0.25, 0.3) is 0 Å². The fraction of sp³-hybridized carbons (Fsp3) is 0.200. The zero-order valence-corrected chi connectivity index (χ0v) is 10.8. The van der Waals surface area contributed by atoms with Gasteiger partial charge in [-0.15, -0.1) is 0 Å². The molecule has 1 aromatic rings. The van der Waals surface area contributed by atoms with Crippen LogP contribution in [-0.4, -0.2) is 25.5 Å². The Morgan fingerprint density at radius 2 is 2.17 bits per heavy atom. The standard InChI is InChI=1S/C10H9ClN2O4S/c1-6(10(14)15)13-18(16,17)9-3-2-7(5-12)4-8(9)11/h2-4,6,13H,1H3,(H,14,15)/t6-/m0/s1. The maximum Gasteiger partial charge on any atom is 0.321 e. The van der Waals surface area contributed by atoms with Gasteiger partial charge in [-0.05, 0) is 25.1 Å². The molecule has 8 heteroatoms. The summed E-state index contributed by atoms with van der Waals surface area (Å²) >= 11 is 5.74. The first-order valence-corrected chi connectivity index (χ1v) is 6.59. The third-order valence-corrected chi connectivity index (χ3v) is 4.08. The molecule has 1 aromatic carbocycles. The second-order valence-electron chi connectivity index (χ2n) is 3.44. The van der Waals surface area contributed by atoms with Crippen molar-refractivity contribution in [1.29, 1.82) is 5.26 Å². The minimum atomic E-state index is -4.03. The molecular weight excluding hydrogens is 280 g/mol. The first kappa shape index (κ1) is 14.4. The lowest BCUT2D eigenvalue weighted by Gasteiger charge is -2.11. The number of hydrogen-bond donors (Lipinski definition) is 2. The number of nitrogens with zero attached hydrogens (tertiary/aromatic N) is 1. The topological polar surface area (TPSA) is 107 Å². The second-order valence-corrected chi connectivity index (χ2v) is 5.53. The van der Waals surface area contributed by atoms with Gasteiger partial charge in [0.15, 0.2) is 0 Å². The van der Waals surface area contributed by atoms with Crippen molar-refractivity contribution in [3.8, 4) is 6.07 Å². The van der Waals surface area contributed by atoms with E-state index in [1.165, 1.54) is 19.1 Å². The molecule has 0 spiro atoms. The van der Waals surface area contributed by atoms with E-state index >= 15 is 0 Å². The molecule has 2 N–H and O–H groups in total. The summed E-state index contributed by atoms with van der Waals surface area (Å²) in [4.78, 5) is 10.3. The summed E-state index contributed by atoms with van der Waals surface area (Å²) in [6, 6.07) is 4.17. The fourth-order valence-corrected chi connectivity index (χ4v) is 2.88. The van der Waals surface area contributed by atoms with Crippen LogP contribution in [0.1, 0.15) is 12.5 Å². The van der Waals surface area contributed by atoms with Crippen molar-refractivity contribution in [2.45, 2.75) is 17.9 Å². The maximum absolute atomic E-state index is 11.8. The molecule has 0 bridgehead atoms. The van der Waals surface area contributed by atoms with Gasteiger partial charge in [0, 0.05) is 0 Å². The highest BCUT2D eigenvalue weighted by atomic mass is 35.5. The first-order valence-electron chi connectivity index (χ1n) is 4.72. The Morgan fingerprint density at radius 3 is 2.61 bits per heavy atom. The number of carboxylic acids is 1. The second kappa shape index (κ2) is 5.35. The smallest absolute Gasteiger partial charge is 0.321 e. The van der Waals surface area contributed by atoms with Crippen molar-refractivity contribution in [3.63, 3.8) is 0 Å². The van der Waals surface area contributed by atoms with Gasteiger partial charge in [-0.3, -0.25) is 4.79 Å². The van der Waals surface area contributed by atoms with Gasteiger partial charge in [-0.2, -0.15) is 9.98 Å². The summed E-state index contributed by atoms with van der Waals surface area (Å²) < 4.78 is 25.6. The summed E-state index contributed by atoms with van der Waals surface area (Å²) in [5.41, 5.74) is 0.213. The Hall–Kier alpha value is -1.62. The van der Waals surface area contributed by atoms with Crippen LogP contribution in [0.4, 0.5) is 0 Å². The third-order valence-electron chi connectivity index (χ3n) is 2.05. The number of nitriles is 1. The molecule has 0 amide bonds. The van der Waals surface area contributed by atoms with E-state index in [1.54, 1.807) is 0 Å². The van der Waals surface area contributed by atoms with Gasteiger partial charge in [-0.1, -0.05) is 11.6 Å². The van der Waals surface area contributed by atoms with E-state index in [9.17, 15) is 13.2 Å². The van der Waals surface area contributed by atoms with Gasteiger partial charge in [0.25, 0.3) is 0 Å². The Labute approximate surface area is 109 Å². The van der Waals surface area contributed by atoms with Crippen molar-refractivity contribution in [2.24, 2.45) is 0 Å². The number of carboxylic acid groups (broad SMARTS) is 1. The SMILES string of the molecule is C[C@H](NS(=O)(=O)c1ccc(C#N)cc1Cl)C(=O)O. The van der Waals surface area contributed by atoms with E-state index in [0.29, 0.717) is 0 Å². The van der Waals surface area contributed by atoms with Crippen LogP contribution < -0.4 is 4.72 Å². The van der Waals surface area contributed by atoms with Gasteiger partial charge < -0.3 is 5.11 Å². The van der Waals surface area contributed by atoms with Crippen molar-refractivity contribution in [1.82, 2.24) is 4.72 Å². The van der Waals surface area contributed by atoms with Crippen LogP contribution in [0.3, 0.4) is 0 Å². The molecule has 0 fully saturated rings. The molecule has 0 unspecified atom stereocenters. The van der Waals surface area contributed by atoms with E-state index in [2.05, 4.69) is 0 Å². The van der Waals surface area contributed by atoms with Crippen LogP contribution in [0.15, 0.2) is 23.1 Å². The highest BCUT2D eigenvalue weighted by molar-refractivity contribution is 7.89. The van der Waals surface area contributed by atoms with Gasteiger partial charge in [-0.25, -0.2) is 8.42 Å². The maximum atomic E-state index is 11.8. The van der Waals surface area contributed by atoms with Gasteiger partial charge in [0.1, 0.15) is 10.9 Å². The fourth-order valence-electron chi connectivity index (χ4n) is 1.13. The summed E-state index contributed by atoms with van der Waals surface area (Å²) in [6.45, 7) is 1.19. The molecule has 0 saturated carbocycles. The molecule has 0 aliphatic heterocycles. The molecular formula is C10H9ClN2O4S. The molecule has 18 heavy (non-hydrogen) atoms. The van der Waals surface area contributed by atoms with Gasteiger partial charge >= 0.3 is 5.97 Å². The predicted molar refractivity (Wildman–Crippen MR) is 63.6 cm³/mol. The minimum Gasteiger partial charge on any atom is -0.480 e. The number of benzene rings is 1. The number of sulfonamides is 1. The average molecular weight is 289 g/mol. The highest BCUT2D eigenvalue weighted by Crippen LogP contribution is 2.22. The Kier molecular flexibility index (Phi) is 4.29. The number of aliphatic carboxylic acids is 1. The number of rotatable bonds is 4. The van der Waals surface area contributed by atoms with Crippen molar-refractivity contribution >= 4 is 27.6 Å². The lowest BCUT2D eigenvalue weighted by atomic mass is 10.2. The van der Waals surface area contributed by atoms with Crippen molar-refractivity contribution < 1.29 is 18.3 Å². The Bertz CT molecular complexity index is 621. The molecule has 6 nitrogen and oxygen atoms in total. The van der Waals surface area contributed by atoms with Crippen LogP contribution in [0.2, 0.25) is 5.02 Å². The number of hydrogen-bond acceptors (Lipinski definition) is 4. The molecule has 96 valence electrons. The number of halogens is 1. The Morgan fingerprint density at radius 1 is 1.56 bits per heavy atom. The summed E-state index contributed by atoms with van der Waals surface area (Å²) in [7, 11) is -4.03. The quantitative estimate of drug-likeness (QED) is 0.858. The monoisotopic (exact) mass is 288 g/mol. The van der Waals surface area contributed by atoms with E-state index in [0.717, 1.165) is 6.07 Å². The normalized spacial score (nSPS) is 12.7. The molecule has 0 aliphatic rings. The lowest BCUT2D eigenvalue weighted by Crippen LogP contribution is -2.38. The summed E-state index contributed by atoms with van der Waals surface area (Å²) in [5, 5.41) is 17.1. The molecule has 0 heterocycles. The first-order chi connectivity index (χ1) is 8.27. The van der Waals surface area contributed by atoms with E-state index < -0.39 is 22.0 Å². The molecule has 0 aromatic heterocycles. The number of nitrogens with one attached hydrogen (secondary N) is 1. The number of carbonyl (C=O) groups is 1. The van der Waals surface area contributed by atoms with Crippen LogP contribution in [0, 0.1) is 11.3 Å². The van der Waals surface area contributed by atoms with Crippen molar-refractivity contribution in [3.05, 3.63) is 28.8 Å².